The van der Waals surface area contributed by atoms with Crippen LogP contribution in [-0.4, -0.2) is 43.6 Å². The molecule has 0 bridgehead atoms. The minimum Gasteiger partial charge on any atom is -0.494 e. The maximum atomic E-state index is 13.9. The number of nitrogens with zero attached hydrogens (tertiary/aromatic N) is 2. The fourth-order valence-electron chi connectivity index (χ4n) is 3.18. The summed E-state index contributed by atoms with van der Waals surface area (Å²) in [7, 11) is 0. The third-order valence-electron chi connectivity index (χ3n) is 4.62. The summed E-state index contributed by atoms with van der Waals surface area (Å²) in [5, 5.41) is 0. The van der Waals surface area contributed by atoms with Crippen molar-refractivity contribution in [3.63, 3.8) is 0 Å². The fourth-order valence-corrected chi connectivity index (χ4v) is 3.18. The summed E-state index contributed by atoms with van der Waals surface area (Å²) in [6, 6.07) is 14.7. The van der Waals surface area contributed by atoms with Crippen LogP contribution in [0.5, 0.6) is 5.75 Å². The lowest BCUT2D eigenvalue weighted by Gasteiger charge is -2.36. The van der Waals surface area contributed by atoms with E-state index in [4.69, 9.17) is 4.74 Å². The molecule has 0 spiro atoms. The van der Waals surface area contributed by atoms with Gasteiger partial charge in [0.1, 0.15) is 11.6 Å². The van der Waals surface area contributed by atoms with E-state index in [9.17, 15) is 9.18 Å². The Balaban J connectivity index is 1.39. The number of rotatable bonds is 6. The van der Waals surface area contributed by atoms with E-state index in [1.165, 1.54) is 6.07 Å². The van der Waals surface area contributed by atoms with Gasteiger partial charge in [0, 0.05) is 32.6 Å². The fraction of sp³-hybridized carbons (Fsp3) is 0.381. The first-order chi connectivity index (χ1) is 12.6. The van der Waals surface area contributed by atoms with Crippen LogP contribution in [0.4, 0.5) is 10.1 Å². The van der Waals surface area contributed by atoms with Crippen molar-refractivity contribution in [2.24, 2.45) is 0 Å². The first kappa shape index (κ1) is 18.2. The zero-order valence-electron chi connectivity index (χ0n) is 15.2. The topological polar surface area (TPSA) is 32.8 Å². The summed E-state index contributed by atoms with van der Waals surface area (Å²) in [4.78, 5) is 16.2. The maximum Gasteiger partial charge on any atom is 0.222 e. The highest BCUT2D eigenvalue weighted by Crippen LogP contribution is 2.20. The van der Waals surface area contributed by atoms with Crippen molar-refractivity contribution in [2.45, 2.75) is 19.8 Å². The number of carbonyl (C=O) groups excluding carboxylic acids is 1. The summed E-state index contributed by atoms with van der Waals surface area (Å²) < 4.78 is 19.6. The molecule has 1 fully saturated rings. The maximum absolute atomic E-state index is 13.9. The average Bonchev–Trinajstić information content (AvgIpc) is 2.66. The van der Waals surface area contributed by atoms with Crippen LogP contribution >= 0.6 is 0 Å². The zero-order valence-corrected chi connectivity index (χ0v) is 15.2. The van der Waals surface area contributed by atoms with Gasteiger partial charge in [0.25, 0.3) is 0 Å². The molecule has 0 aromatic heterocycles. The van der Waals surface area contributed by atoms with Gasteiger partial charge in [-0.3, -0.25) is 4.79 Å². The van der Waals surface area contributed by atoms with E-state index >= 15 is 0 Å². The van der Waals surface area contributed by atoms with Crippen molar-refractivity contribution in [1.82, 2.24) is 4.90 Å². The third-order valence-corrected chi connectivity index (χ3v) is 4.62. The van der Waals surface area contributed by atoms with Crippen LogP contribution in [0, 0.1) is 12.7 Å². The predicted molar refractivity (Wildman–Crippen MR) is 101 cm³/mol. The molecule has 1 aliphatic heterocycles. The number of para-hydroxylation sites is 1. The number of hydrogen-bond donors (Lipinski definition) is 0. The van der Waals surface area contributed by atoms with Gasteiger partial charge in [0.05, 0.1) is 12.3 Å². The normalized spacial score (nSPS) is 14.4. The molecular formula is C21H25FN2O2. The van der Waals surface area contributed by atoms with Gasteiger partial charge in [-0.2, -0.15) is 0 Å². The number of aryl methyl sites for hydroxylation is 1. The van der Waals surface area contributed by atoms with Crippen molar-refractivity contribution >= 4 is 11.6 Å². The molecule has 0 N–H and O–H groups in total. The average molecular weight is 356 g/mol. The van der Waals surface area contributed by atoms with Gasteiger partial charge < -0.3 is 14.5 Å². The van der Waals surface area contributed by atoms with Gasteiger partial charge in [-0.15, -0.1) is 0 Å². The highest BCUT2D eigenvalue weighted by atomic mass is 19.1. The molecule has 1 amide bonds. The Morgan fingerprint density at radius 1 is 1.08 bits per heavy atom. The first-order valence-corrected chi connectivity index (χ1v) is 9.10. The molecule has 5 heteroatoms. The van der Waals surface area contributed by atoms with E-state index in [1.54, 1.807) is 12.1 Å². The molecule has 26 heavy (non-hydrogen) atoms. The minimum absolute atomic E-state index is 0.144. The molecule has 1 saturated heterocycles. The Hall–Kier alpha value is -2.56. The van der Waals surface area contributed by atoms with Gasteiger partial charge in [-0.05, 0) is 43.2 Å². The molecule has 0 radical (unpaired) electrons. The molecule has 4 nitrogen and oxygen atoms in total. The number of halogens is 1. The van der Waals surface area contributed by atoms with Crippen LogP contribution in [-0.2, 0) is 4.79 Å². The Labute approximate surface area is 154 Å². The molecule has 138 valence electrons. The second-order valence-corrected chi connectivity index (χ2v) is 6.59. The SMILES string of the molecule is Cc1cccc(OCCCC(=O)N2CCN(c3ccccc3F)CC2)c1. The molecule has 0 aliphatic carbocycles. The summed E-state index contributed by atoms with van der Waals surface area (Å²) in [5.74, 6) is 0.780. The summed E-state index contributed by atoms with van der Waals surface area (Å²) in [6.07, 6.45) is 1.17. The molecule has 1 heterocycles. The zero-order chi connectivity index (χ0) is 18.4. The standard InChI is InChI=1S/C21H25FN2O2/c1-17-6-4-7-18(16-17)26-15-5-10-21(25)24-13-11-23(12-14-24)20-9-3-2-8-19(20)22/h2-4,6-9,16H,5,10-15H2,1H3. The largest absolute Gasteiger partial charge is 0.494 e. The molecule has 3 rings (SSSR count). The molecule has 1 aliphatic rings. The molecular weight excluding hydrogens is 331 g/mol. The second-order valence-electron chi connectivity index (χ2n) is 6.59. The second kappa shape index (κ2) is 8.70. The van der Waals surface area contributed by atoms with Crippen molar-refractivity contribution in [3.05, 3.63) is 59.9 Å². The van der Waals surface area contributed by atoms with Crippen LogP contribution in [0.25, 0.3) is 0 Å². The number of anilines is 1. The Bertz CT molecular complexity index is 742. The number of piperazine rings is 1. The number of hydrogen-bond acceptors (Lipinski definition) is 3. The lowest BCUT2D eigenvalue weighted by atomic mass is 10.2. The Morgan fingerprint density at radius 2 is 1.85 bits per heavy atom. The van der Waals surface area contributed by atoms with E-state index in [2.05, 4.69) is 0 Å². The number of benzene rings is 2. The lowest BCUT2D eigenvalue weighted by molar-refractivity contribution is -0.131. The number of amides is 1. The van der Waals surface area contributed by atoms with Crippen molar-refractivity contribution in [2.75, 3.05) is 37.7 Å². The van der Waals surface area contributed by atoms with E-state index in [-0.39, 0.29) is 11.7 Å². The summed E-state index contributed by atoms with van der Waals surface area (Å²) >= 11 is 0. The molecule has 0 atom stereocenters. The molecule has 2 aromatic carbocycles. The number of ether oxygens (including phenoxy) is 1. The van der Waals surface area contributed by atoms with Gasteiger partial charge in [0.2, 0.25) is 5.91 Å². The predicted octanol–water partition coefficient (Wildman–Crippen LogP) is 3.64. The highest BCUT2D eigenvalue weighted by molar-refractivity contribution is 5.76. The van der Waals surface area contributed by atoms with Gasteiger partial charge in [-0.1, -0.05) is 24.3 Å². The lowest BCUT2D eigenvalue weighted by Crippen LogP contribution is -2.49. The molecule has 2 aromatic rings. The van der Waals surface area contributed by atoms with Gasteiger partial charge in [-0.25, -0.2) is 4.39 Å². The Kier molecular flexibility index (Phi) is 6.10. The van der Waals surface area contributed by atoms with E-state index < -0.39 is 0 Å². The van der Waals surface area contributed by atoms with Crippen molar-refractivity contribution in [1.29, 1.82) is 0 Å². The summed E-state index contributed by atoms with van der Waals surface area (Å²) in [6.45, 7) is 5.14. The van der Waals surface area contributed by atoms with Crippen molar-refractivity contribution in [3.8, 4) is 5.75 Å². The van der Waals surface area contributed by atoms with Crippen LogP contribution in [0.15, 0.2) is 48.5 Å². The molecule has 0 unspecified atom stereocenters. The van der Waals surface area contributed by atoms with Gasteiger partial charge >= 0.3 is 0 Å². The van der Waals surface area contributed by atoms with Crippen LogP contribution in [0.2, 0.25) is 0 Å². The molecule has 0 saturated carbocycles. The minimum atomic E-state index is -0.208. The van der Waals surface area contributed by atoms with Gasteiger partial charge in [0.15, 0.2) is 0 Å². The van der Waals surface area contributed by atoms with E-state index in [0.29, 0.717) is 51.3 Å². The summed E-state index contributed by atoms with van der Waals surface area (Å²) in [5.41, 5.74) is 1.78. The van der Waals surface area contributed by atoms with Crippen LogP contribution in [0.3, 0.4) is 0 Å². The Morgan fingerprint density at radius 3 is 2.58 bits per heavy atom. The van der Waals surface area contributed by atoms with E-state index in [1.807, 2.05) is 47.1 Å². The first-order valence-electron chi connectivity index (χ1n) is 9.10. The smallest absolute Gasteiger partial charge is 0.222 e. The highest BCUT2D eigenvalue weighted by Gasteiger charge is 2.22. The van der Waals surface area contributed by atoms with Crippen LogP contribution in [0.1, 0.15) is 18.4 Å². The van der Waals surface area contributed by atoms with Crippen LogP contribution < -0.4 is 9.64 Å². The third kappa shape index (κ3) is 4.75. The quantitative estimate of drug-likeness (QED) is 0.741. The number of carbonyl (C=O) groups is 1. The van der Waals surface area contributed by atoms with E-state index in [0.717, 1.165) is 11.3 Å². The van der Waals surface area contributed by atoms with Crippen molar-refractivity contribution < 1.29 is 13.9 Å². The monoisotopic (exact) mass is 356 g/mol.